The van der Waals surface area contributed by atoms with Crippen molar-refractivity contribution >= 4 is 46.5 Å². The van der Waals surface area contributed by atoms with Gasteiger partial charge in [-0.15, -0.1) is 0 Å². The average molecular weight is 361 g/mol. The highest BCUT2D eigenvalue weighted by atomic mass is 35.5. The number of rotatable bonds is 3. The van der Waals surface area contributed by atoms with E-state index in [1.165, 1.54) is 6.21 Å². The summed E-state index contributed by atoms with van der Waals surface area (Å²) in [5, 5.41) is 6.73. The highest BCUT2D eigenvalue weighted by Crippen LogP contribution is 2.30. The first kappa shape index (κ1) is 16.2. The Morgan fingerprint density at radius 2 is 1.46 bits per heavy atom. The SMILES string of the molecule is O=C1c2cccc3cccc(c23)C(=O)N1/N=C\C(Cl)=C\c1ccccc1. The van der Waals surface area contributed by atoms with E-state index in [2.05, 4.69) is 5.10 Å². The number of hydrogen-bond acceptors (Lipinski definition) is 3. The average Bonchev–Trinajstić information content (AvgIpc) is 2.66. The molecule has 4 rings (SSSR count). The van der Waals surface area contributed by atoms with Crippen LogP contribution in [0.15, 0.2) is 76.9 Å². The van der Waals surface area contributed by atoms with Crippen LogP contribution in [0.1, 0.15) is 26.3 Å². The summed E-state index contributed by atoms with van der Waals surface area (Å²) in [4.78, 5) is 25.4. The molecule has 26 heavy (non-hydrogen) atoms. The topological polar surface area (TPSA) is 49.7 Å². The van der Waals surface area contributed by atoms with E-state index in [4.69, 9.17) is 11.6 Å². The van der Waals surface area contributed by atoms with Crippen molar-refractivity contribution in [3.8, 4) is 0 Å². The fourth-order valence-electron chi connectivity index (χ4n) is 2.98. The van der Waals surface area contributed by atoms with E-state index < -0.39 is 11.8 Å². The molecule has 0 atom stereocenters. The van der Waals surface area contributed by atoms with Crippen LogP contribution in [0.4, 0.5) is 0 Å². The summed E-state index contributed by atoms with van der Waals surface area (Å²) in [5.74, 6) is -0.917. The van der Waals surface area contributed by atoms with Gasteiger partial charge in [-0.1, -0.05) is 66.2 Å². The second kappa shape index (κ2) is 6.58. The van der Waals surface area contributed by atoms with Crippen molar-refractivity contribution in [3.63, 3.8) is 0 Å². The Bertz CT molecular complexity index is 1040. The Morgan fingerprint density at radius 3 is 2.08 bits per heavy atom. The van der Waals surface area contributed by atoms with E-state index in [9.17, 15) is 9.59 Å². The molecule has 0 saturated heterocycles. The molecule has 0 unspecified atom stereocenters. The normalized spacial score (nSPS) is 14.5. The summed E-state index contributed by atoms with van der Waals surface area (Å²) in [7, 11) is 0. The number of carbonyl (C=O) groups excluding carboxylic acids is 2. The van der Waals surface area contributed by atoms with Gasteiger partial charge in [0.25, 0.3) is 11.8 Å². The lowest BCUT2D eigenvalue weighted by Crippen LogP contribution is -2.36. The number of nitrogens with zero attached hydrogens (tertiary/aromatic N) is 2. The minimum Gasteiger partial charge on any atom is -0.267 e. The first-order valence-corrected chi connectivity index (χ1v) is 8.40. The molecule has 0 radical (unpaired) electrons. The number of imide groups is 1. The zero-order chi connectivity index (χ0) is 18.1. The predicted octanol–water partition coefficient (Wildman–Crippen LogP) is 4.70. The first-order valence-electron chi connectivity index (χ1n) is 8.02. The molecule has 4 nitrogen and oxygen atoms in total. The van der Waals surface area contributed by atoms with Crippen LogP contribution in [0.25, 0.3) is 16.8 Å². The van der Waals surface area contributed by atoms with Gasteiger partial charge in [0, 0.05) is 5.39 Å². The molecule has 3 aromatic rings. The van der Waals surface area contributed by atoms with Crippen molar-refractivity contribution in [1.82, 2.24) is 5.01 Å². The van der Waals surface area contributed by atoms with Gasteiger partial charge < -0.3 is 0 Å². The third-order valence-electron chi connectivity index (χ3n) is 4.15. The molecule has 0 N–H and O–H groups in total. The van der Waals surface area contributed by atoms with Gasteiger partial charge in [-0.3, -0.25) is 9.59 Å². The van der Waals surface area contributed by atoms with E-state index >= 15 is 0 Å². The van der Waals surface area contributed by atoms with E-state index in [1.807, 2.05) is 42.5 Å². The van der Waals surface area contributed by atoms with Gasteiger partial charge in [-0.05, 0) is 29.2 Å². The smallest absolute Gasteiger partial charge is 0.267 e. The van der Waals surface area contributed by atoms with Crippen LogP contribution >= 0.6 is 11.6 Å². The monoisotopic (exact) mass is 360 g/mol. The molecule has 1 heterocycles. The summed E-state index contributed by atoms with van der Waals surface area (Å²) in [6, 6.07) is 20.2. The Hall–Kier alpha value is -3.24. The highest BCUT2D eigenvalue weighted by Gasteiger charge is 2.32. The highest BCUT2D eigenvalue weighted by molar-refractivity contribution is 6.41. The lowest BCUT2D eigenvalue weighted by atomic mass is 9.95. The van der Waals surface area contributed by atoms with E-state index in [1.54, 1.807) is 30.3 Å². The molecule has 1 aliphatic rings. The maximum absolute atomic E-state index is 12.7. The van der Waals surface area contributed by atoms with Gasteiger partial charge in [-0.25, -0.2) is 0 Å². The molecule has 5 heteroatoms. The van der Waals surface area contributed by atoms with Crippen molar-refractivity contribution < 1.29 is 9.59 Å². The number of hydrazone groups is 1. The lowest BCUT2D eigenvalue weighted by molar-refractivity contribution is 0.0616. The molecule has 0 fully saturated rings. The van der Waals surface area contributed by atoms with Crippen LogP contribution in [0.5, 0.6) is 0 Å². The van der Waals surface area contributed by atoms with E-state index in [0.717, 1.165) is 16.0 Å². The van der Waals surface area contributed by atoms with E-state index in [-0.39, 0.29) is 0 Å². The fourth-order valence-corrected chi connectivity index (χ4v) is 3.15. The maximum atomic E-state index is 12.7. The maximum Gasteiger partial charge on any atom is 0.282 e. The predicted molar refractivity (Wildman–Crippen MR) is 103 cm³/mol. The molecule has 0 saturated carbocycles. The van der Waals surface area contributed by atoms with Gasteiger partial charge >= 0.3 is 0 Å². The van der Waals surface area contributed by atoms with Crippen LogP contribution < -0.4 is 0 Å². The molecule has 0 spiro atoms. The van der Waals surface area contributed by atoms with Crippen LogP contribution in [-0.2, 0) is 0 Å². The number of allylic oxidation sites excluding steroid dienone is 1. The van der Waals surface area contributed by atoms with Crippen molar-refractivity contribution in [3.05, 3.63) is 88.5 Å². The Morgan fingerprint density at radius 1 is 0.846 bits per heavy atom. The van der Waals surface area contributed by atoms with Crippen molar-refractivity contribution in [2.75, 3.05) is 0 Å². The molecular weight excluding hydrogens is 348 g/mol. The second-order valence-electron chi connectivity index (χ2n) is 5.82. The zero-order valence-corrected chi connectivity index (χ0v) is 14.4. The van der Waals surface area contributed by atoms with Gasteiger partial charge in [0.15, 0.2) is 0 Å². The third-order valence-corrected chi connectivity index (χ3v) is 4.36. The molecule has 2 amide bonds. The van der Waals surface area contributed by atoms with Gasteiger partial charge in [0.05, 0.1) is 22.4 Å². The minimum atomic E-state index is -0.459. The zero-order valence-electron chi connectivity index (χ0n) is 13.6. The number of carbonyl (C=O) groups is 2. The summed E-state index contributed by atoms with van der Waals surface area (Å²) in [6.45, 7) is 0. The van der Waals surface area contributed by atoms with Crippen molar-refractivity contribution in [1.29, 1.82) is 0 Å². The Labute approximate surface area is 155 Å². The van der Waals surface area contributed by atoms with Crippen LogP contribution in [0.3, 0.4) is 0 Å². The quantitative estimate of drug-likeness (QED) is 0.502. The molecule has 126 valence electrons. The molecule has 0 aliphatic carbocycles. The summed E-state index contributed by atoms with van der Waals surface area (Å²) < 4.78 is 0. The largest absolute Gasteiger partial charge is 0.282 e. The molecule has 0 aromatic heterocycles. The standard InChI is InChI=1S/C21H13ClN2O2/c22-16(12-14-6-2-1-3-7-14)13-23-24-20(25)17-10-4-8-15-9-5-11-18(19(15)17)21(24)26/h1-13H/b16-12-,23-13-. The number of amides is 2. The summed E-state index contributed by atoms with van der Waals surface area (Å²) in [6.07, 6.45) is 3.01. The van der Waals surface area contributed by atoms with Crippen LogP contribution in [0, 0.1) is 0 Å². The second-order valence-corrected chi connectivity index (χ2v) is 6.25. The molecular formula is C21H13ClN2O2. The van der Waals surface area contributed by atoms with Gasteiger partial charge in [-0.2, -0.15) is 10.1 Å². The third kappa shape index (κ3) is 2.80. The summed E-state index contributed by atoms with van der Waals surface area (Å²) >= 11 is 6.17. The van der Waals surface area contributed by atoms with Gasteiger partial charge in [0.1, 0.15) is 0 Å². The fraction of sp³-hybridized carbons (Fsp3) is 0. The van der Waals surface area contributed by atoms with Crippen molar-refractivity contribution in [2.24, 2.45) is 5.10 Å². The lowest BCUT2D eigenvalue weighted by Gasteiger charge is -2.22. The molecule has 1 aliphatic heterocycles. The Kier molecular flexibility index (Phi) is 4.11. The molecule has 3 aromatic carbocycles. The van der Waals surface area contributed by atoms with Crippen molar-refractivity contribution in [2.45, 2.75) is 0 Å². The van der Waals surface area contributed by atoms with Crippen LogP contribution in [-0.4, -0.2) is 23.0 Å². The number of hydrogen-bond donors (Lipinski definition) is 0. The first-order chi connectivity index (χ1) is 12.6. The molecule has 0 bridgehead atoms. The minimum absolute atomic E-state index is 0.314. The number of halogens is 1. The number of benzene rings is 3. The Balaban J connectivity index is 1.70. The summed E-state index contributed by atoms with van der Waals surface area (Å²) in [5.41, 5.74) is 1.81. The van der Waals surface area contributed by atoms with Gasteiger partial charge in [0.2, 0.25) is 0 Å². The van der Waals surface area contributed by atoms with Crippen LogP contribution in [0.2, 0.25) is 0 Å². The van der Waals surface area contributed by atoms with E-state index in [0.29, 0.717) is 21.5 Å².